The fourth-order valence-corrected chi connectivity index (χ4v) is 2.48. The summed E-state index contributed by atoms with van der Waals surface area (Å²) in [6, 6.07) is 2.60. The molecular weight excluding hydrogens is 320 g/mol. The predicted molar refractivity (Wildman–Crippen MR) is 68.1 cm³/mol. The Balaban J connectivity index is 2.93. The third kappa shape index (κ3) is 4.69. The molecule has 1 rings (SSSR count). The first-order valence-electron chi connectivity index (χ1n) is 5.19. The second-order valence-electron chi connectivity index (χ2n) is 3.77. The number of thiocarbonyl (C=S) groups is 1. The fourth-order valence-electron chi connectivity index (χ4n) is 1.27. The van der Waals surface area contributed by atoms with Crippen LogP contribution >= 0.6 is 12.2 Å². The van der Waals surface area contributed by atoms with Crippen molar-refractivity contribution in [1.29, 1.82) is 0 Å². The lowest BCUT2D eigenvalue weighted by Gasteiger charge is -2.10. The molecule has 0 saturated carbocycles. The number of nitrogens with two attached hydrogens (primary N) is 1. The van der Waals surface area contributed by atoms with Gasteiger partial charge in [0.15, 0.2) is 0 Å². The third-order valence-corrected chi connectivity index (χ3v) is 3.89. The minimum atomic E-state index is -4.48. The maximum absolute atomic E-state index is 13.3. The lowest BCUT2D eigenvalue weighted by molar-refractivity contribution is -0.132. The number of hydrogen-bond donors (Lipinski definition) is 2. The zero-order valence-electron chi connectivity index (χ0n) is 9.87. The molecular formula is C10H10F4N2O2S2. The van der Waals surface area contributed by atoms with Crippen LogP contribution in [0.3, 0.4) is 0 Å². The van der Waals surface area contributed by atoms with Gasteiger partial charge in [0, 0.05) is 12.1 Å². The molecule has 0 fully saturated rings. The molecule has 1 aromatic carbocycles. The van der Waals surface area contributed by atoms with Crippen LogP contribution in [-0.4, -0.2) is 26.1 Å². The highest BCUT2D eigenvalue weighted by atomic mass is 32.2. The van der Waals surface area contributed by atoms with Crippen molar-refractivity contribution in [3.8, 4) is 0 Å². The van der Waals surface area contributed by atoms with Crippen LogP contribution in [0.5, 0.6) is 0 Å². The third-order valence-electron chi connectivity index (χ3n) is 2.21. The van der Waals surface area contributed by atoms with Gasteiger partial charge in [-0.15, -0.1) is 0 Å². The SMILES string of the molecule is NC(=S)c1cc(S(=O)(=O)NCCC(F)(F)F)ccc1F. The number of hydrogen-bond acceptors (Lipinski definition) is 3. The zero-order chi connectivity index (χ0) is 15.6. The van der Waals surface area contributed by atoms with Gasteiger partial charge in [0.25, 0.3) is 0 Å². The minimum Gasteiger partial charge on any atom is -0.389 e. The topological polar surface area (TPSA) is 72.2 Å². The summed E-state index contributed by atoms with van der Waals surface area (Å²) in [5, 5.41) is 0. The van der Waals surface area contributed by atoms with Crippen LogP contribution in [0.4, 0.5) is 17.6 Å². The molecule has 0 aromatic heterocycles. The van der Waals surface area contributed by atoms with Crippen LogP contribution in [0.25, 0.3) is 0 Å². The Morgan fingerprint density at radius 3 is 2.45 bits per heavy atom. The van der Waals surface area contributed by atoms with Gasteiger partial charge in [-0.3, -0.25) is 0 Å². The Morgan fingerprint density at radius 2 is 1.95 bits per heavy atom. The number of sulfonamides is 1. The van der Waals surface area contributed by atoms with Gasteiger partial charge in [-0.25, -0.2) is 17.5 Å². The van der Waals surface area contributed by atoms with E-state index in [2.05, 4.69) is 12.2 Å². The van der Waals surface area contributed by atoms with Crippen LogP contribution in [0.15, 0.2) is 23.1 Å². The van der Waals surface area contributed by atoms with Crippen molar-refractivity contribution in [2.75, 3.05) is 6.54 Å². The molecule has 3 N–H and O–H groups in total. The largest absolute Gasteiger partial charge is 0.390 e. The molecule has 4 nitrogen and oxygen atoms in total. The van der Waals surface area contributed by atoms with Gasteiger partial charge in [0.2, 0.25) is 10.0 Å². The van der Waals surface area contributed by atoms with Gasteiger partial charge in [-0.1, -0.05) is 12.2 Å². The summed E-state index contributed by atoms with van der Waals surface area (Å²) in [5.74, 6) is -0.813. The molecule has 0 spiro atoms. The number of benzene rings is 1. The van der Waals surface area contributed by atoms with Gasteiger partial charge < -0.3 is 5.73 Å². The Hall–Kier alpha value is -1.26. The molecule has 0 heterocycles. The molecule has 10 heteroatoms. The smallest absolute Gasteiger partial charge is 0.389 e. The zero-order valence-corrected chi connectivity index (χ0v) is 11.5. The van der Waals surface area contributed by atoms with Gasteiger partial charge in [-0.05, 0) is 18.2 Å². The molecule has 112 valence electrons. The van der Waals surface area contributed by atoms with Crippen molar-refractivity contribution >= 4 is 27.2 Å². The summed E-state index contributed by atoms with van der Waals surface area (Å²) in [7, 11) is -4.19. The van der Waals surface area contributed by atoms with E-state index in [4.69, 9.17) is 5.73 Å². The molecule has 0 saturated heterocycles. The first kappa shape index (κ1) is 16.8. The fraction of sp³-hybridized carbons (Fsp3) is 0.300. The lowest BCUT2D eigenvalue weighted by Crippen LogP contribution is -2.28. The first-order chi connectivity index (χ1) is 9.03. The first-order valence-corrected chi connectivity index (χ1v) is 7.08. The molecule has 0 amide bonds. The van der Waals surface area contributed by atoms with E-state index in [1.54, 1.807) is 4.72 Å². The van der Waals surface area contributed by atoms with Crippen LogP contribution < -0.4 is 10.5 Å². The van der Waals surface area contributed by atoms with Crippen LogP contribution in [0.2, 0.25) is 0 Å². The highest BCUT2D eigenvalue weighted by Crippen LogP contribution is 2.19. The summed E-state index contributed by atoms with van der Waals surface area (Å²) in [5.41, 5.74) is 4.92. The lowest BCUT2D eigenvalue weighted by atomic mass is 10.2. The van der Waals surface area contributed by atoms with Crippen molar-refractivity contribution in [1.82, 2.24) is 4.72 Å². The van der Waals surface area contributed by atoms with Gasteiger partial charge in [-0.2, -0.15) is 13.2 Å². The molecule has 0 unspecified atom stereocenters. The van der Waals surface area contributed by atoms with E-state index in [9.17, 15) is 26.0 Å². The molecule has 0 aliphatic rings. The van der Waals surface area contributed by atoms with Crippen molar-refractivity contribution < 1.29 is 26.0 Å². The highest BCUT2D eigenvalue weighted by Gasteiger charge is 2.27. The second kappa shape index (κ2) is 6.02. The number of halogens is 4. The number of nitrogens with one attached hydrogen (secondary N) is 1. The van der Waals surface area contributed by atoms with Crippen molar-refractivity contribution in [2.45, 2.75) is 17.5 Å². The van der Waals surface area contributed by atoms with Crippen LogP contribution in [0, 0.1) is 5.82 Å². The molecule has 0 bridgehead atoms. The summed E-state index contributed by atoms with van der Waals surface area (Å²) in [4.78, 5) is -0.765. The van der Waals surface area contributed by atoms with Crippen molar-refractivity contribution in [3.05, 3.63) is 29.6 Å². The number of alkyl halides is 3. The molecule has 0 atom stereocenters. The Labute approximate surface area is 118 Å². The summed E-state index contributed by atoms with van der Waals surface area (Å²) in [6.45, 7) is -0.814. The quantitative estimate of drug-likeness (QED) is 0.637. The van der Waals surface area contributed by atoms with Crippen molar-refractivity contribution in [2.24, 2.45) is 5.73 Å². The van der Waals surface area contributed by atoms with Gasteiger partial charge >= 0.3 is 6.18 Å². The van der Waals surface area contributed by atoms with Crippen LogP contribution in [-0.2, 0) is 10.0 Å². The number of rotatable bonds is 5. The Bertz CT molecular complexity index is 614. The van der Waals surface area contributed by atoms with E-state index < -0.39 is 39.9 Å². The molecule has 1 aromatic rings. The maximum atomic E-state index is 13.3. The van der Waals surface area contributed by atoms with Gasteiger partial charge in [0.1, 0.15) is 10.8 Å². The predicted octanol–water partition coefficient (Wildman–Crippen LogP) is 1.69. The molecule has 0 radical (unpaired) electrons. The molecule has 0 aliphatic carbocycles. The summed E-state index contributed by atoms with van der Waals surface area (Å²) in [6.07, 6.45) is -5.79. The second-order valence-corrected chi connectivity index (χ2v) is 5.98. The minimum absolute atomic E-state index is 0.293. The maximum Gasteiger partial charge on any atom is 0.390 e. The Kier molecular flexibility index (Phi) is 5.05. The van der Waals surface area contributed by atoms with Crippen LogP contribution in [0.1, 0.15) is 12.0 Å². The van der Waals surface area contributed by atoms with Gasteiger partial charge in [0.05, 0.1) is 11.3 Å². The Morgan fingerprint density at radius 1 is 1.35 bits per heavy atom. The van der Waals surface area contributed by atoms with E-state index in [-0.39, 0.29) is 10.6 Å². The molecule has 20 heavy (non-hydrogen) atoms. The monoisotopic (exact) mass is 330 g/mol. The van der Waals surface area contributed by atoms with E-state index in [0.29, 0.717) is 0 Å². The summed E-state index contributed by atoms with van der Waals surface area (Å²) >= 11 is 4.54. The molecule has 0 aliphatic heterocycles. The standard InChI is InChI=1S/C10H10F4N2O2S2/c11-8-2-1-6(5-7(8)9(15)19)20(17,18)16-4-3-10(12,13)14/h1-2,5,16H,3-4H2,(H2,15,19). The van der Waals surface area contributed by atoms with E-state index >= 15 is 0 Å². The average molecular weight is 330 g/mol. The normalized spacial score (nSPS) is 12.4. The van der Waals surface area contributed by atoms with E-state index in [1.807, 2.05) is 0 Å². The van der Waals surface area contributed by atoms with E-state index in [0.717, 1.165) is 18.2 Å². The van der Waals surface area contributed by atoms with Crippen molar-refractivity contribution in [3.63, 3.8) is 0 Å². The average Bonchev–Trinajstić information content (AvgIpc) is 2.26. The van der Waals surface area contributed by atoms with E-state index in [1.165, 1.54) is 0 Å². The summed E-state index contributed by atoms with van der Waals surface area (Å²) < 4.78 is 74.3. The highest BCUT2D eigenvalue weighted by molar-refractivity contribution is 7.89.